The molecule has 1 aromatic carbocycles. The second-order valence-electron chi connectivity index (χ2n) is 4.38. The predicted octanol–water partition coefficient (Wildman–Crippen LogP) is 2.63. The number of nitrogens with one attached hydrogen (secondary N) is 1. The Labute approximate surface area is 101 Å². The maximum Gasteiger partial charge on any atom is 0.315 e. The molecule has 1 aromatic rings. The molecule has 0 spiro atoms. The minimum Gasteiger partial charge on any atom is -0.382 e. The van der Waals surface area contributed by atoms with E-state index in [-0.39, 0.29) is 10.6 Å². The fourth-order valence-electron chi connectivity index (χ4n) is 2.18. The van der Waals surface area contributed by atoms with Crippen molar-refractivity contribution in [1.29, 1.82) is 0 Å². The number of hydrogen-bond acceptors (Lipinski definition) is 4. The lowest BCUT2D eigenvalue weighted by Crippen LogP contribution is -2.37. The lowest BCUT2D eigenvalue weighted by Gasteiger charge is -2.36. The van der Waals surface area contributed by atoms with Gasteiger partial charge < -0.3 is 10.2 Å². The molecular formula is C12H17N3O2. The van der Waals surface area contributed by atoms with Crippen LogP contribution in [0, 0.1) is 10.1 Å². The van der Waals surface area contributed by atoms with E-state index in [0.29, 0.717) is 17.4 Å². The number of benzene rings is 1. The van der Waals surface area contributed by atoms with Gasteiger partial charge in [0.15, 0.2) is 0 Å². The predicted molar refractivity (Wildman–Crippen MR) is 68.7 cm³/mol. The van der Waals surface area contributed by atoms with E-state index in [1.165, 1.54) is 6.42 Å². The van der Waals surface area contributed by atoms with Crippen LogP contribution in [0.25, 0.3) is 0 Å². The summed E-state index contributed by atoms with van der Waals surface area (Å²) in [5.41, 5.74) is 1.44. The van der Waals surface area contributed by atoms with E-state index in [2.05, 4.69) is 5.32 Å². The summed E-state index contributed by atoms with van der Waals surface area (Å²) < 4.78 is 0. The van der Waals surface area contributed by atoms with E-state index in [0.717, 1.165) is 12.8 Å². The van der Waals surface area contributed by atoms with Crippen LogP contribution in [0.4, 0.5) is 17.1 Å². The Bertz CT molecular complexity index is 430. The number of rotatable bonds is 4. The summed E-state index contributed by atoms with van der Waals surface area (Å²) in [5.74, 6) is 0. The molecule has 1 N–H and O–H groups in total. The van der Waals surface area contributed by atoms with Crippen LogP contribution in [-0.2, 0) is 0 Å². The number of para-hydroxylation sites is 1. The van der Waals surface area contributed by atoms with Crippen molar-refractivity contribution in [3.8, 4) is 0 Å². The van der Waals surface area contributed by atoms with Gasteiger partial charge in [0.2, 0.25) is 0 Å². The molecule has 1 aliphatic carbocycles. The summed E-state index contributed by atoms with van der Waals surface area (Å²) in [7, 11) is 3.64. The van der Waals surface area contributed by atoms with Crippen LogP contribution in [0.1, 0.15) is 19.3 Å². The van der Waals surface area contributed by atoms with Crippen molar-refractivity contribution < 1.29 is 4.92 Å². The molecule has 1 aliphatic rings. The molecule has 5 heteroatoms. The molecule has 92 valence electrons. The average Bonchev–Trinajstić information content (AvgIpc) is 2.25. The first-order valence-electron chi connectivity index (χ1n) is 5.83. The Balaban J connectivity index is 2.40. The zero-order chi connectivity index (χ0) is 12.4. The van der Waals surface area contributed by atoms with Crippen LogP contribution in [-0.4, -0.2) is 25.1 Å². The zero-order valence-corrected chi connectivity index (χ0v) is 10.1. The van der Waals surface area contributed by atoms with Gasteiger partial charge in [-0.25, -0.2) is 0 Å². The maximum atomic E-state index is 11.2. The van der Waals surface area contributed by atoms with Gasteiger partial charge in [-0.05, 0) is 31.4 Å². The Morgan fingerprint density at radius 2 is 2.18 bits per heavy atom. The summed E-state index contributed by atoms with van der Waals surface area (Å²) in [4.78, 5) is 12.9. The minimum absolute atomic E-state index is 0.171. The first-order chi connectivity index (χ1) is 8.15. The van der Waals surface area contributed by atoms with Crippen molar-refractivity contribution in [2.75, 3.05) is 24.3 Å². The Morgan fingerprint density at radius 3 is 2.65 bits per heavy atom. The fourth-order valence-corrected chi connectivity index (χ4v) is 2.18. The van der Waals surface area contributed by atoms with Crippen molar-refractivity contribution in [2.45, 2.75) is 25.3 Å². The minimum atomic E-state index is -0.309. The van der Waals surface area contributed by atoms with Gasteiger partial charge in [-0.1, -0.05) is 6.07 Å². The smallest absolute Gasteiger partial charge is 0.315 e. The van der Waals surface area contributed by atoms with E-state index in [1.807, 2.05) is 24.1 Å². The summed E-state index contributed by atoms with van der Waals surface area (Å²) in [5, 5.41) is 14.1. The highest BCUT2D eigenvalue weighted by Crippen LogP contribution is 2.38. The topological polar surface area (TPSA) is 58.4 Å². The molecule has 1 saturated carbocycles. The van der Waals surface area contributed by atoms with Crippen LogP contribution in [0.5, 0.6) is 0 Å². The number of hydrogen-bond donors (Lipinski definition) is 1. The number of nitrogens with zero attached hydrogens (tertiary/aromatic N) is 2. The zero-order valence-electron chi connectivity index (χ0n) is 10.1. The van der Waals surface area contributed by atoms with Crippen LogP contribution in [0.15, 0.2) is 18.2 Å². The van der Waals surface area contributed by atoms with Gasteiger partial charge in [0.05, 0.1) is 4.92 Å². The van der Waals surface area contributed by atoms with Gasteiger partial charge in [-0.2, -0.15) is 0 Å². The second-order valence-corrected chi connectivity index (χ2v) is 4.38. The highest BCUT2D eigenvalue weighted by molar-refractivity contribution is 5.77. The summed E-state index contributed by atoms with van der Waals surface area (Å²) >= 11 is 0. The first-order valence-corrected chi connectivity index (χ1v) is 5.83. The second kappa shape index (κ2) is 4.61. The highest BCUT2D eigenvalue weighted by Gasteiger charge is 2.28. The maximum absolute atomic E-state index is 11.2. The van der Waals surface area contributed by atoms with Gasteiger partial charge in [-0.15, -0.1) is 0 Å². The molecule has 0 heterocycles. The molecule has 0 unspecified atom stereocenters. The standard InChI is InChI=1S/C12H17N3O2/c1-13-10-7-4-8-11(12(10)15(16)17)14(2)9-5-3-6-9/h4,7-9,13H,3,5-6H2,1-2H3. The van der Waals surface area contributed by atoms with Gasteiger partial charge in [-0.3, -0.25) is 10.1 Å². The number of anilines is 2. The highest BCUT2D eigenvalue weighted by atomic mass is 16.6. The molecule has 0 aliphatic heterocycles. The van der Waals surface area contributed by atoms with E-state index in [4.69, 9.17) is 0 Å². The fraction of sp³-hybridized carbons (Fsp3) is 0.500. The van der Waals surface area contributed by atoms with Crippen molar-refractivity contribution >= 4 is 17.1 Å². The van der Waals surface area contributed by atoms with Crippen molar-refractivity contribution in [3.05, 3.63) is 28.3 Å². The number of nitro groups is 1. The van der Waals surface area contributed by atoms with E-state index in [1.54, 1.807) is 13.1 Å². The van der Waals surface area contributed by atoms with Crippen LogP contribution < -0.4 is 10.2 Å². The molecule has 17 heavy (non-hydrogen) atoms. The van der Waals surface area contributed by atoms with Crippen molar-refractivity contribution in [1.82, 2.24) is 0 Å². The average molecular weight is 235 g/mol. The third-order valence-corrected chi connectivity index (χ3v) is 3.47. The molecule has 0 amide bonds. The normalized spacial score (nSPS) is 15.2. The summed E-state index contributed by atoms with van der Waals surface area (Å²) in [6.07, 6.45) is 3.46. The van der Waals surface area contributed by atoms with E-state index < -0.39 is 0 Å². The largest absolute Gasteiger partial charge is 0.382 e. The van der Waals surface area contributed by atoms with E-state index >= 15 is 0 Å². The molecule has 0 aromatic heterocycles. The summed E-state index contributed by atoms with van der Waals surface area (Å²) in [6.45, 7) is 0. The lowest BCUT2D eigenvalue weighted by atomic mass is 9.91. The molecule has 0 bridgehead atoms. The molecule has 2 rings (SSSR count). The Kier molecular flexibility index (Phi) is 3.17. The molecule has 5 nitrogen and oxygen atoms in total. The third-order valence-electron chi connectivity index (χ3n) is 3.47. The SMILES string of the molecule is CNc1cccc(N(C)C2CCC2)c1[N+](=O)[O-]. The van der Waals surface area contributed by atoms with Gasteiger partial charge in [0.25, 0.3) is 0 Å². The number of nitro benzene ring substituents is 1. The van der Waals surface area contributed by atoms with Gasteiger partial charge in [0, 0.05) is 20.1 Å². The quantitative estimate of drug-likeness (QED) is 0.643. The lowest BCUT2D eigenvalue weighted by molar-refractivity contribution is -0.383. The molecule has 0 atom stereocenters. The Morgan fingerprint density at radius 1 is 1.47 bits per heavy atom. The van der Waals surface area contributed by atoms with Gasteiger partial charge in [0.1, 0.15) is 11.4 Å². The third kappa shape index (κ3) is 2.05. The van der Waals surface area contributed by atoms with Crippen LogP contribution in [0.2, 0.25) is 0 Å². The van der Waals surface area contributed by atoms with Gasteiger partial charge >= 0.3 is 5.69 Å². The molecular weight excluding hydrogens is 218 g/mol. The van der Waals surface area contributed by atoms with Crippen molar-refractivity contribution in [3.63, 3.8) is 0 Å². The van der Waals surface area contributed by atoms with E-state index in [9.17, 15) is 10.1 Å². The van der Waals surface area contributed by atoms with Crippen LogP contribution >= 0.6 is 0 Å². The molecule has 0 saturated heterocycles. The summed E-state index contributed by atoms with van der Waals surface area (Å²) in [6, 6.07) is 5.84. The van der Waals surface area contributed by atoms with Crippen LogP contribution in [0.3, 0.4) is 0 Å². The first kappa shape index (κ1) is 11.7. The molecule has 0 radical (unpaired) electrons. The Hall–Kier alpha value is -1.78. The van der Waals surface area contributed by atoms with Crippen molar-refractivity contribution in [2.24, 2.45) is 0 Å². The molecule has 1 fully saturated rings. The monoisotopic (exact) mass is 235 g/mol.